The predicted octanol–water partition coefficient (Wildman–Crippen LogP) is 2.99. The minimum Gasteiger partial charge on any atom is -0.327 e. The van der Waals surface area contributed by atoms with Crippen LogP contribution in [0.3, 0.4) is 0 Å². The quantitative estimate of drug-likeness (QED) is 0.870. The SMILES string of the molecule is NC(Cc1ccc(F)cc1)C1C2C3CCC(C3)C12. The molecule has 5 atom stereocenters. The smallest absolute Gasteiger partial charge is 0.123 e. The van der Waals surface area contributed by atoms with Gasteiger partial charge in [0.25, 0.3) is 0 Å². The number of hydrogen-bond donors (Lipinski definition) is 1. The van der Waals surface area contributed by atoms with E-state index in [1.807, 2.05) is 12.1 Å². The Morgan fingerprint density at radius 3 is 2.33 bits per heavy atom. The van der Waals surface area contributed by atoms with Gasteiger partial charge in [0.05, 0.1) is 0 Å². The van der Waals surface area contributed by atoms with Crippen molar-refractivity contribution in [1.29, 1.82) is 0 Å². The van der Waals surface area contributed by atoms with Gasteiger partial charge in [-0.15, -0.1) is 0 Å². The fraction of sp³-hybridized carbons (Fsp3) is 0.625. The van der Waals surface area contributed by atoms with Crippen LogP contribution in [0.1, 0.15) is 24.8 Å². The van der Waals surface area contributed by atoms with Crippen LogP contribution in [0.4, 0.5) is 4.39 Å². The summed E-state index contributed by atoms with van der Waals surface area (Å²) in [6, 6.07) is 7.12. The molecule has 1 nitrogen and oxygen atoms in total. The fourth-order valence-electron chi connectivity index (χ4n) is 4.99. The molecule has 3 fully saturated rings. The number of nitrogens with two attached hydrogens (primary N) is 1. The summed E-state index contributed by atoms with van der Waals surface area (Å²) in [6.07, 6.45) is 5.30. The van der Waals surface area contributed by atoms with Crippen LogP contribution >= 0.6 is 0 Å². The molecule has 2 bridgehead atoms. The van der Waals surface area contributed by atoms with Gasteiger partial charge in [0.1, 0.15) is 5.82 Å². The minimum absolute atomic E-state index is 0.159. The third-order valence-electron chi connectivity index (χ3n) is 5.67. The first kappa shape index (κ1) is 11.0. The lowest BCUT2D eigenvalue weighted by atomic mass is 9.94. The first-order valence-corrected chi connectivity index (χ1v) is 7.24. The van der Waals surface area contributed by atoms with E-state index in [9.17, 15) is 4.39 Å². The Kier molecular flexibility index (Phi) is 2.32. The molecule has 0 heterocycles. The molecule has 1 aromatic carbocycles. The molecule has 1 aromatic rings. The summed E-state index contributed by atoms with van der Waals surface area (Å²) in [7, 11) is 0. The molecule has 2 N–H and O–H groups in total. The Hall–Kier alpha value is -0.890. The first-order chi connectivity index (χ1) is 8.74. The van der Waals surface area contributed by atoms with E-state index in [0.717, 1.165) is 36.0 Å². The highest BCUT2D eigenvalue weighted by Crippen LogP contribution is 2.70. The van der Waals surface area contributed by atoms with Crippen LogP contribution in [0.15, 0.2) is 24.3 Å². The highest BCUT2D eigenvalue weighted by atomic mass is 19.1. The Morgan fingerprint density at radius 2 is 1.72 bits per heavy atom. The zero-order valence-corrected chi connectivity index (χ0v) is 10.6. The third-order valence-corrected chi connectivity index (χ3v) is 5.67. The van der Waals surface area contributed by atoms with Crippen molar-refractivity contribution < 1.29 is 4.39 Å². The van der Waals surface area contributed by atoms with Crippen LogP contribution in [0.5, 0.6) is 0 Å². The number of benzene rings is 1. The summed E-state index contributed by atoms with van der Waals surface area (Å²) >= 11 is 0. The third kappa shape index (κ3) is 1.55. The second-order valence-electron chi connectivity index (χ2n) is 6.56. The molecule has 3 aliphatic carbocycles. The van der Waals surface area contributed by atoms with Gasteiger partial charge in [-0.05, 0) is 73.0 Å². The van der Waals surface area contributed by atoms with Crippen LogP contribution in [-0.2, 0) is 6.42 Å². The highest BCUT2D eigenvalue weighted by Gasteiger charge is 2.65. The van der Waals surface area contributed by atoms with Crippen LogP contribution in [0, 0.1) is 35.4 Å². The van der Waals surface area contributed by atoms with E-state index in [1.54, 1.807) is 12.1 Å². The molecule has 96 valence electrons. The van der Waals surface area contributed by atoms with E-state index in [1.165, 1.54) is 24.8 Å². The molecule has 2 heteroatoms. The van der Waals surface area contributed by atoms with Crippen LogP contribution in [0.25, 0.3) is 0 Å². The molecule has 18 heavy (non-hydrogen) atoms. The van der Waals surface area contributed by atoms with Gasteiger partial charge in [0.15, 0.2) is 0 Å². The summed E-state index contributed by atoms with van der Waals surface area (Å²) in [6.45, 7) is 0. The average Bonchev–Trinajstić information content (AvgIpc) is 2.82. The van der Waals surface area contributed by atoms with Crippen molar-refractivity contribution in [2.24, 2.45) is 35.3 Å². The molecule has 3 aliphatic rings. The van der Waals surface area contributed by atoms with Gasteiger partial charge in [-0.25, -0.2) is 4.39 Å². The van der Waals surface area contributed by atoms with Crippen molar-refractivity contribution in [3.8, 4) is 0 Å². The second kappa shape index (κ2) is 3.80. The number of hydrogen-bond acceptors (Lipinski definition) is 1. The van der Waals surface area contributed by atoms with E-state index in [-0.39, 0.29) is 11.9 Å². The lowest BCUT2D eigenvalue weighted by Gasteiger charge is -2.16. The van der Waals surface area contributed by atoms with Crippen molar-refractivity contribution in [1.82, 2.24) is 0 Å². The van der Waals surface area contributed by atoms with Crippen molar-refractivity contribution in [3.05, 3.63) is 35.6 Å². The Labute approximate surface area is 108 Å². The van der Waals surface area contributed by atoms with Gasteiger partial charge in [0, 0.05) is 6.04 Å². The molecule has 0 amide bonds. The molecule has 3 saturated carbocycles. The standard InChI is InChI=1S/C16H20FN/c17-12-5-1-9(2-6-12)7-13(18)16-14-10-3-4-11(8-10)15(14)16/h1-2,5-6,10-11,13-16H,3-4,7-8,18H2. The molecule has 0 radical (unpaired) electrons. The fourth-order valence-corrected chi connectivity index (χ4v) is 4.99. The van der Waals surface area contributed by atoms with Crippen molar-refractivity contribution in [2.75, 3.05) is 0 Å². The van der Waals surface area contributed by atoms with Crippen LogP contribution in [0.2, 0.25) is 0 Å². The monoisotopic (exact) mass is 245 g/mol. The molecule has 0 saturated heterocycles. The number of rotatable bonds is 3. The highest BCUT2D eigenvalue weighted by molar-refractivity contribution is 5.21. The van der Waals surface area contributed by atoms with Crippen molar-refractivity contribution >= 4 is 0 Å². The number of halogens is 1. The largest absolute Gasteiger partial charge is 0.327 e. The topological polar surface area (TPSA) is 26.0 Å². The molecule has 4 rings (SSSR count). The van der Waals surface area contributed by atoms with E-state index >= 15 is 0 Å². The van der Waals surface area contributed by atoms with E-state index < -0.39 is 0 Å². The summed E-state index contributed by atoms with van der Waals surface area (Å²) in [5.41, 5.74) is 7.58. The maximum atomic E-state index is 12.9. The lowest BCUT2D eigenvalue weighted by Crippen LogP contribution is -2.28. The Morgan fingerprint density at radius 1 is 1.11 bits per heavy atom. The maximum Gasteiger partial charge on any atom is 0.123 e. The molecule has 0 spiro atoms. The molecule has 0 aromatic heterocycles. The van der Waals surface area contributed by atoms with E-state index in [2.05, 4.69) is 0 Å². The average molecular weight is 245 g/mol. The van der Waals surface area contributed by atoms with Crippen molar-refractivity contribution in [2.45, 2.75) is 31.7 Å². The van der Waals surface area contributed by atoms with Crippen LogP contribution in [-0.4, -0.2) is 6.04 Å². The van der Waals surface area contributed by atoms with Gasteiger partial charge in [-0.2, -0.15) is 0 Å². The van der Waals surface area contributed by atoms with Gasteiger partial charge < -0.3 is 5.73 Å². The summed E-state index contributed by atoms with van der Waals surface area (Å²) < 4.78 is 12.9. The normalized spacial score (nSPS) is 41.8. The van der Waals surface area contributed by atoms with Gasteiger partial charge in [-0.1, -0.05) is 12.1 Å². The summed E-state index contributed by atoms with van der Waals surface area (Å²) in [4.78, 5) is 0. The maximum absolute atomic E-state index is 12.9. The van der Waals surface area contributed by atoms with Crippen molar-refractivity contribution in [3.63, 3.8) is 0 Å². The van der Waals surface area contributed by atoms with E-state index in [4.69, 9.17) is 5.73 Å². The molecular weight excluding hydrogens is 225 g/mol. The zero-order valence-electron chi connectivity index (χ0n) is 10.6. The lowest BCUT2D eigenvalue weighted by molar-refractivity contribution is 0.409. The predicted molar refractivity (Wildman–Crippen MR) is 69.4 cm³/mol. The Balaban J connectivity index is 1.43. The summed E-state index contributed by atoms with van der Waals surface area (Å²) in [5, 5.41) is 0. The summed E-state index contributed by atoms with van der Waals surface area (Å²) in [5.74, 6) is 4.47. The number of fused-ring (bicyclic) bond motifs is 5. The molecular formula is C16H20FN. The molecule has 5 unspecified atom stereocenters. The van der Waals surface area contributed by atoms with Gasteiger partial charge in [0.2, 0.25) is 0 Å². The minimum atomic E-state index is -0.159. The van der Waals surface area contributed by atoms with Crippen LogP contribution < -0.4 is 5.73 Å². The second-order valence-corrected chi connectivity index (χ2v) is 6.56. The first-order valence-electron chi connectivity index (χ1n) is 7.24. The zero-order chi connectivity index (χ0) is 12.3. The Bertz CT molecular complexity index is 439. The van der Waals surface area contributed by atoms with Gasteiger partial charge >= 0.3 is 0 Å². The van der Waals surface area contributed by atoms with Gasteiger partial charge in [-0.3, -0.25) is 0 Å². The molecule has 0 aliphatic heterocycles. The van der Waals surface area contributed by atoms with E-state index in [0.29, 0.717) is 0 Å².